The Labute approximate surface area is 97.9 Å². The Morgan fingerprint density at radius 3 is 3.12 bits per heavy atom. The van der Waals surface area contributed by atoms with Crippen LogP contribution in [-0.4, -0.2) is 23.1 Å². The third-order valence-electron chi connectivity index (χ3n) is 2.55. The van der Waals surface area contributed by atoms with Gasteiger partial charge >= 0.3 is 0 Å². The average molecular weight is 237 g/mol. The highest BCUT2D eigenvalue weighted by atomic mass is 32.1. The number of hydrogen-bond acceptors (Lipinski definition) is 4. The molecule has 2 aromatic heterocycles. The van der Waals surface area contributed by atoms with Gasteiger partial charge in [0.1, 0.15) is 4.70 Å². The van der Waals surface area contributed by atoms with Crippen molar-refractivity contribution in [3.05, 3.63) is 27.6 Å². The zero-order valence-electron chi connectivity index (χ0n) is 9.49. The SMILES string of the molecule is CNCCCn1cnc2c(C)csc2c1=O. The van der Waals surface area contributed by atoms with Gasteiger partial charge in [-0.05, 0) is 37.9 Å². The van der Waals surface area contributed by atoms with Gasteiger partial charge in [0.15, 0.2) is 0 Å². The molecule has 0 aromatic carbocycles. The smallest absolute Gasteiger partial charge is 0.271 e. The molecule has 0 aliphatic carbocycles. The molecule has 0 saturated heterocycles. The van der Waals surface area contributed by atoms with Crippen molar-refractivity contribution in [2.75, 3.05) is 13.6 Å². The number of rotatable bonds is 4. The van der Waals surface area contributed by atoms with E-state index in [2.05, 4.69) is 10.3 Å². The molecule has 2 rings (SSSR count). The summed E-state index contributed by atoms with van der Waals surface area (Å²) in [5, 5.41) is 5.05. The molecule has 4 nitrogen and oxygen atoms in total. The highest BCUT2D eigenvalue weighted by Gasteiger charge is 2.07. The fourth-order valence-corrected chi connectivity index (χ4v) is 2.60. The number of aryl methyl sites for hydroxylation is 2. The van der Waals surface area contributed by atoms with Gasteiger partial charge in [0.2, 0.25) is 0 Å². The predicted octanol–water partition coefficient (Wildman–Crippen LogP) is 1.38. The summed E-state index contributed by atoms with van der Waals surface area (Å²) in [6, 6.07) is 0. The van der Waals surface area contributed by atoms with E-state index in [9.17, 15) is 4.79 Å². The van der Waals surface area contributed by atoms with Crippen LogP contribution in [0.15, 0.2) is 16.5 Å². The maximum absolute atomic E-state index is 12.0. The van der Waals surface area contributed by atoms with Crippen molar-refractivity contribution in [3.63, 3.8) is 0 Å². The lowest BCUT2D eigenvalue weighted by atomic mass is 10.3. The molecule has 2 aromatic rings. The van der Waals surface area contributed by atoms with E-state index in [0.717, 1.165) is 35.3 Å². The Morgan fingerprint density at radius 2 is 2.38 bits per heavy atom. The average Bonchev–Trinajstić information content (AvgIpc) is 2.65. The van der Waals surface area contributed by atoms with Crippen LogP contribution >= 0.6 is 11.3 Å². The maximum Gasteiger partial charge on any atom is 0.271 e. The van der Waals surface area contributed by atoms with Crippen molar-refractivity contribution in [2.45, 2.75) is 19.9 Å². The summed E-state index contributed by atoms with van der Waals surface area (Å²) in [5.41, 5.74) is 2.01. The molecule has 1 N–H and O–H groups in total. The molecule has 2 heterocycles. The minimum atomic E-state index is 0.0826. The summed E-state index contributed by atoms with van der Waals surface area (Å²) < 4.78 is 2.46. The number of nitrogens with one attached hydrogen (secondary N) is 1. The fraction of sp³-hybridized carbons (Fsp3) is 0.455. The minimum Gasteiger partial charge on any atom is -0.320 e. The minimum absolute atomic E-state index is 0.0826. The molecule has 16 heavy (non-hydrogen) atoms. The molecule has 0 saturated carbocycles. The monoisotopic (exact) mass is 237 g/mol. The summed E-state index contributed by atoms with van der Waals surface area (Å²) in [4.78, 5) is 16.4. The van der Waals surface area contributed by atoms with Gasteiger partial charge in [-0.3, -0.25) is 9.36 Å². The van der Waals surface area contributed by atoms with E-state index in [1.807, 2.05) is 19.4 Å². The van der Waals surface area contributed by atoms with Gasteiger partial charge in [-0.15, -0.1) is 11.3 Å². The molecule has 0 aliphatic heterocycles. The standard InChI is InChI=1S/C11H15N3OS/c1-8-6-16-10-9(8)13-7-14(11(10)15)5-3-4-12-2/h6-7,12H,3-5H2,1-2H3. The quantitative estimate of drug-likeness (QED) is 0.817. The number of nitrogens with zero attached hydrogens (tertiary/aromatic N) is 2. The zero-order valence-corrected chi connectivity index (χ0v) is 10.3. The molecule has 0 atom stereocenters. The van der Waals surface area contributed by atoms with E-state index in [4.69, 9.17) is 0 Å². The number of fused-ring (bicyclic) bond motifs is 1. The number of thiophene rings is 1. The van der Waals surface area contributed by atoms with Gasteiger partial charge in [-0.2, -0.15) is 0 Å². The molecule has 0 radical (unpaired) electrons. The maximum atomic E-state index is 12.0. The molecular weight excluding hydrogens is 222 g/mol. The van der Waals surface area contributed by atoms with Crippen LogP contribution in [0.4, 0.5) is 0 Å². The molecule has 0 unspecified atom stereocenters. The van der Waals surface area contributed by atoms with E-state index in [0.29, 0.717) is 0 Å². The Bertz CT molecular complexity index is 544. The normalized spacial score (nSPS) is 11.1. The lowest BCUT2D eigenvalue weighted by Crippen LogP contribution is -2.21. The Morgan fingerprint density at radius 1 is 1.56 bits per heavy atom. The molecular formula is C11H15N3OS. The number of aromatic nitrogens is 2. The lowest BCUT2D eigenvalue weighted by molar-refractivity contribution is 0.594. The van der Waals surface area contributed by atoms with Gasteiger partial charge in [0.05, 0.1) is 11.8 Å². The van der Waals surface area contributed by atoms with Crippen LogP contribution in [0.25, 0.3) is 10.2 Å². The summed E-state index contributed by atoms with van der Waals surface area (Å²) in [6.45, 7) is 3.62. The first-order valence-corrected chi connectivity index (χ1v) is 6.20. The largest absolute Gasteiger partial charge is 0.320 e. The Balaban J connectivity index is 2.34. The summed E-state index contributed by atoms with van der Waals surface area (Å²) in [5.74, 6) is 0. The fourth-order valence-electron chi connectivity index (χ4n) is 1.65. The molecule has 0 fully saturated rings. The first-order chi connectivity index (χ1) is 7.74. The van der Waals surface area contributed by atoms with Gasteiger partial charge in [0, 0.05) is 6.54 Å². The molecule has 0 amide bonds. The van der Waals surface area contributed by atoms with Gasteiger partial charge < -0.3 is 5.32 Å². The topological polar surface area (TPSA) is 46.9 Å². The van der Waals surface area contributed by atoms with Crippen LogP contribution < -0.4 is 10.9 Å². The van der Waals surface area contributed by atoms with Crippen molar-refractivity contribution in [1.82, 2.24) is 14.9 Å². The first kappa shape index (κ1) is 11.3. The van der Waals surface area contributed by atoms with E-state index in [1.165, 1.54) is 11.3 Å². The summed E-state index contributed by atoms with van der Waals surface area (Å²) in [7, 11) is 1.91. The van der Waals surface area contributed by atoms with Crippen molar-refractivity contribution < 1.29 is 0 Å². The molecule has 0 bridgehead atoms. The van der Waals surface area contributed by atoms with Crippen LogP contribution in [-0.2, 0) is 6.54 Å². The molecule has 0 spiro atoms. The Kier molecular flexibility index (Phi) is 3.36. The molecule has 86 valence electrons. The third-order valence-corrected chi connectivity index (χ3v) is 3.62. The van der Waals surface area contributed by atoms with Gasteiger partial charge in [-0.1, -0.05) is 0 Å². The second-order valence-corrected chi connectivity index (χ2v) is 4.68. The highest BCUT2D eigenvalue weighted by molar-refractivity contribution is 7.17. The van der Waals surface area contributed by atoms with Crippen LogP contribution in [0.5, 0.6) is 0 Å². The lowest BCUT2D eigenvalue weighted by Gasteiger charge is -2.04. The summed E-state index contributed by atoms with van der Waals surface area (Å²) in [6.07, 6.45) is 2.59. The van der Waals surface area contributed by atoms with Crippen LogP contribution in [0.1, 0.15) is 12.0 Å². The highest BCUT2D eigenvalue weighted by Crippen LogP contribution is 2.19. The first-order valence-electron chi connectivity index (χ1n) is 5.32. The van der Waals surface area contributed by atoms with Crippen molar-refractivity contribution in [2.24, 2.45) is 0 Å². The molecule has 5 heteroatoms. The van der Waals surface area contributed by atoms with Crippen LogP contribution in [0.3, 0.4) is 0 Å². The van der Waals surface area contributed by atoms with E-state index in [1.54, 1.807) is 10.9 Å². The zero-order chi connectivity index (χ0) is 11.5. The molecule has 0 aliphatic rings. The predicted molar refractivity (Wildman–Crippen MR) is 67.2 cm³/mol. The van der Waals surface area contributed by atoms with Gasteiger partial charge in [0.25, 0.3) is 5.56 Å². The van der Waals surface area contributed by atoms with E-state index in [-0.39, 0.29) is 5.56 Å². The summed E-state index contributed by atoms with van der Waals surface area (Å²) >= 11 is 1.48. The van der Waals surface area contributed by atoms with E-state index >= 15 is 0 Å². The Hall–Kier alpha value is -1.20. The second-order valence-electron chi connectivity index (χ2n) is 3.80. The van der Waals surface area contributed by atoms with E-state index < -0.39 is 0 Å². The van der Waals surface area contributed by atoms with Crippen LogP contribution in [0.2, 0.25) is 0 Å². The van der Waals surface area contributed by atoms with Gasteiger partial charge in [-0.25, -0.2) is 4.98 Å². The number of hydrogen-bond donors (Lipinski definition) is 1. The van der Waals surface area contributed by atoms with Crippen molar-refractivity contribution >= 4 is 21.6 Å². The van der Waals surface area contributed by atoms with Crippen molar-refractivity contribution in [1.29, 1.82) is 0 Å². The van der Waals surface area contributed by atoms with Crippen LogP contribution in [0, 0.1) is 6.92 Å². The second kappa shape index (κ2) is 4.76. The third kappa shape index (κ3) is 2.01. The van der Waals surface area contributed by atoms with Crippen molar-refractivity contribution in [3.8, 4) is 0 Å².